The SMILES string of the molecule is COc1cncc2nc(-c3ccnc(Nc4ccccc4)c3)nc(N3CCC(O)C(O)C3)c12. The Labute approximate surface area is 190 Å². The number of nitrogens with zero attached hydrogens (tertiary/aromatic N) is 5. The van der Waals surface area contributed by atoms with E-state index in [0.717, 1.165) is 16.6 Å². The van der Waals surface area contributed by atoms with E-state index >= 15 is 0 Å². The number of para-hydroxylation sites is 1. The molecule has 0 saturated carbocycles. The molecule has 4 heterocycles. The Morgan fingerprint density at radius 3 is 2.70 bits per heavy atom. The van der Waals surface area contributed by atoms with Gasteiger partial charge in [-0.3, -0.25) is 4.98 Å². The van der Waals surface area contributed by atoms with Gasteiger partial charge in [-0.2, -0.15) is 0 Å². The second kappa shape index (κ2) is 8.97. The molecule has 1 aromatic carbocycles. The van der Waals surface area contributed by atoms with Gasteiger partial charge in [0.05, 0.1) is 42.6 Å². The van der Waals surface area contributed by atoms with Gasteiger partial charge in [-0.1, -0.05) is 18.2 Å². The molecule has 1 saturated heterocycles. The van der Waals surface area contributed by atoms with Crippen molar-refractivity contribution in [1.29, 1.82) is 0 Å². The average Bonchev–Trinajstić information content (AvgIpc) is 2.85. The van der Waals surface area contributed by atoms with Crippen LogP contribution in [0.2, 0.25) is 0 Å². The van der Waals surface area contributed by atoms with Crippen LogP contribution in [0.1, 0.15) is 6.42 Å². The lowest BCUT2D eigenvalue weighted by molar-refractivity contribution is 0.00792. The molecule has 33 heavy (non-hydrogen) atoms. The van der Waals surface area contributed by atoms with Gasteiger partial charge >= 0.3 is 0 Å². The zero-order chi connectivity index (χ0) is 22.8. The molecule has 1 fully saturated rings. The van der Waals surface area contributed by atoms with Crippen molar-refractivity contribution >= 4 is 28.2 Å². The third-order valence-electron chi connectivity index (χ3n) is 5.68. The van der Waals surface area contributed by atoms with Gasteiger partial charge in [0, 0.05) is 30.5 Å². The number of rotatable bonds is 5. The molecule has 5 rings (SSSR count). The smallest absolute Gasteiger partial charge is 0.162 e. The number of β-amino-alcohol motifs (C(OH)–C–C–N with tert-alkyl or cyclic N) is 1. The van der Waals surface area contributed by atoms with Crippen LogP contribution in [0.3, 0.4) is 0 Å². The number of aliphatic hydroxyl groups excluding tert-OH is 2. The van der Waals surface area contributed by atoms with Crippen molar-refractivity contribution in [3.63, 3.8) is 0 Å². The van der Waals surface area contributed by atoms with Gasteiger partial charge in [-0.25, -0.2) is 15.0 Å². The van der Waals surface area contributed by atoms with E-state index in [-0.39, 0.29) is 6.54 Å². The molecule has 0 radical (unpaired) electrons. The maximum Gasteiger partial charge on any atom is 0.162 e. The summed E-state index contributed by atoms with van der Waals surface area (Å²) in [4.78, 5) is 20.2. The summed E-state index contributed by atoms with van der Waals surface area (Å²) in [5, 5.41) is 24.3. The molecule has 0 bridgehead atoms. The quantitative estimate of drug-likeness (QED) is 0.427. The van der Waals surface area contributed by atoms with Crippen LogP contribution in [0.25, 0.3) is 22.3 Å². The third-order valence-corrected chi connectivity index (χ3v) is 5.68. The van der Waals surface area contributed by atoms with Crippen LogP contribution in [-0.2, 0) is 0 Å². The van der Waals surface area contributed by atoms with Crippen molar-refractivity contribution in [2.75, 3.05) is 30.4 Å². The Balaban J connectivity index is 1.59. The minimum atomic E-state index is -0.859. The second-order valence-electron chi connectivity index (χ2n) is 7.90. The highest BCUT2D eigenvalue weighted by atomic mass is 16.5. The number of nitrogens with one attached hydrogen (secondary N) is 1. The van der Waals surface area contributed by atoms with Crippen molar-refractivity contribution < 1.29 is 14.9 Å². The number of piperidine rings is 1. The summed E-state index contributed by atoms with van der Waals surface area (Å²) >= 11 is 0. The van der Waals surface area contributed by atoms with Gasteiger partial charge in [0.1, 0.15) is 17.4 Å². The van der Waals surface area contributed by atoms with Gasteiger partial charge in [0.2, 0.25) is 0 Å². The number of hydrogen-bond acceptors (Lipinski definition) is 9. The van der Waals surface area contributed by atoms with Gasteiger partial charge in [-0.05, 0) is 30.7 Å². The van der Waals surface area contributed by atoms with Gasteiger partial charge < -0.3 is 25.2 Å². The lowest BCUT2D eigenvalue weighted by atomic mass is 10.0. The second-order valence-corrected chi connectivity index (χ2v) is 7.90. The number of pyridine rings is 2. The van der Waals surface area contributed by atoms with Crippen LogP contribution >= 0.6 is 0 Å². The summed E-state index contributed by atoms with van der Waals surface area (Å²) < 4.78 is 5.54. The number of hydrogen-bond donors (Lipinski definition) is 3. The zero-order valence-corrected chi connectivity index (χ0v) is 18.1. The summed E-state index contributed by atoms with van der Waals surface area (Å²) in [5.41, 5.74) is 2.34. The molecule has 0 spiro atoms. The van der Waals surface area contributed by atoms with Crippen LogP contribution in [0.4, 0.5) is 17.3 Å². The van der Waals surface area contributed by atoms with E-state index in [9.17, 15) is 10.2 Å². The largest absolute Gasteiger partial charge is 0.494 e. The van der Waals surface area contributed by atoms with E-state index in [0.29, 0.717) is 41.7 Å². The number of anilines is 3. The molecular weight excluding hydrogens is 420 g/mol. The number of aliphatic hydroxyl groups is 2. The highest BCUT2D eigenvalue weighted by molar-refractivity contribution is 5.95. The molecule has 4 aromatic rings. The van der Waals surface area contributed by atoms with Crippen LogP contribution in [-0.4, -0.2) is 62.6 Å². The predicted molar refractivity (Wildman–Crippen MR) is 126 cm³/mol. The Morgan fingerprint density at radius 1 is 1.06 bits per heavy atom. The molecule has 0 aliphatic carbocycles. The summed E-state index contributed by atoms with van der Waals surface area (Å²) in [6.07, 6.45) is 3.84. The molecule has 1 aliphatic heterocycles. The molecule has 3 aromatic heterocycles. The minimum absolute atomic E-state index is 0.259. The van der Waals surface area contributed by atoms with E-state index < -0.39 is 12.2 Å². The normalized spacial score (nSPS) is 18.3. The zero-order valence-electron chi connectivity index (χ0n) is 18.1. The lowest BCUT2D eigenvalue weighted by Gasteiger charge is -2.35. The molecule has 2 atom stereocenters. The average molecular weight is 444 g/mol. The van der Waals surface area contributed by atoms with E-state index in [1.165, 1.54) is 0 Å². The summed E-state index contributed by atoms with van der Waals surface area (Å²) in [7, 11) is 1.58. The molecular formula is C24H24N6O3. The number of methoxy groups -OCH3 is 1. The van der Waals surface area contributed by atoms with Crippen molar-refractivity contribution in [2.45, 2.75) is 18.6 Å². The van der Waals surface area contributed by atoms with Crippen LogP contribution in [0, 0.1) is 0 Å². The Hall–Kier alpha value is -3.82. The van der Waals surface area contributed by atoms with E-state index in [2.05, 4.69) is 15.3 Å². The standard InChI is InChI=1S/C24H24N6O3/c1-33-20-13-25-12-17-22(20)24(30-10-8-18(31)19(32)14-30)29-23(28-17)15-7-9-26-21(11-15)27-16-5-3-2-4-6-16/h2-7,9,11-13,18-19,31-32H,8,10,14H2,1H3,(H,26,27). The fourth-order valence-electron chi connectivity index (χ4n) is 3.97. The monoisotopic (exact) mass is 444 g/mol. The summed E-state index contributed by atoms with van der Waals surface area (Å²) in [5.74, 6) is 2.36. The Kier molecular flexibility index (Phi) is 5.72. The Morgan fingerprint density at radius 2 is 1.91 bits per heavy atom. The molecule has 168 valence electrons. The Bertz CT molecular complexity index is 1270. The molecule has 2 unspecified atom stereocenters. The van der Waals surface area contributed by atoms with Crippen LogP contribution in [0.5, 0.6) is 5.75 Å². The molecule has 0 amide bonds. The number of benzene rings is 1. The maximum atomic E-state index is 10.3. The first kappa shape index (κ1) is 21.0. The van der Waals surface area contributed by atoms with Crippen molar-refractivity contribution in [2.24, 2.45) is 0 Å². The van der Waals surface area contributed by atoms with Crippen molar-refractivity contribution in [1.82, 2.24) is 19.9 Å². The number of aromatic nitrogens is 4. The topological polar surface area (TPSA) is 117 Å². The van der Waals surface area contributed by atoms with Crippen molar-refractivity contribution in [3.8, 4) is 17.1 Å². The van der Waals surface area contributed by atoms with Crippen LogP contribution < -0.4 is 15.0 Å². The first-order chi connectivity index (χ1) is 16.1. The van der Waals surface area contributed by atoms with E-state index in [1.54, 1.807) is 25.7 Å². The van der Waals surface area contributed by atoms with Gasteiger partial charge in [0.25, 0.3) is 0 Å². The van der Waals surface area contributed by atoms with E-state index in [1.807, 2.05) is 47.4 Å². The summed E-state index contributed by atoms with van der Waals surface area (Å²) in [6, 6.07) is 13.5. The van der Waals surface area contributed by atoms with Gasteiger partial charge in [0.15, 0.2) is 5.82 Å². The minimum Gasteiger partial charge on any atom is -0.494 e. The number of ether oxygens (including phenoxy) is 1. The lowest BCUT2D eigenvalue weighted by Crippen LogP contribution is -2.47. The molecule has 9 nitrogen and oxygen atoms in total. The summed E-state index contributed by atoms with van der Waals surface area (Å²) in [6.45, 7) is 0.807. The number of fused-ring (bicyclic) bond motifs is 1. The van der Waals surface area contributed by atoms with Crippen LogP contribution in [0.15, 0.2) is 61.1 Å². The fourth-order valence-corrected chi connectivity index (χ4v) is 3.97. The molecule has 3 N–H and O–H groups in total. The first-order valence-electron chi connectivity index (χ1n) is 10.7. The highest BCUT2D eigenvalue weighted by Crippen LogP contribution is 2.35. The van der Waals surface area contributed by atoms with E-state index in [4.69, 9.17) is 14.7 Å². The van der Waals surface area contributed by atoms with Crippen molar-refractivity contribution in [3.05, 3.63) is 61.1 Å². The molecule has 1 aliphatic rings. The fraction of sp³-hybridized carbons (Fsp3) is 0.250. The highest BCUT2D eigenvalue weighted by Gasteiger charge is 2.29. The first-order valence-corrected chi connectivity index (χ1v) is 10.7. The maximum absolute atomic E-state index is 10.3. The third kappa shape index (κ3) is 4.28. The van der Waals surface area contributed by atoms with Gasteiger partial charge in [-0.15, -0.1) is 0 Å². The predicted octanol–water partition coefficient (Wildman–Crippen LogP) is 2.77. The molecule has 9 heteroatoms.